The molecule has 0 N–H and O–H groups in total. The minimum absolute atomic E-state index is 0.108. The summed E-state index contributed by atoms with van der Waals surface area (Å²) in [7, 11) is 0. The molecular formula is C24H26N2. The summed E-state index contributed by atoms with van der Waals surface area (Å²) in [6, 6.07) is 19.1. The van der Waals surface area contributed by atoms with Gasteiger partial charge in [0.05, 0.1) is 11.4 Å². The molecule has 0 atom stereocenters. The van der Waals surface area contributed by atoms with Crippen LogP contribution in [0.2, 0.25) is 0 Å². The van der Waals surface area contributed by atoms with Crippen molar-refractivity contribution in [2.45, 2.75) is 46.5 Å². The highest BCUT2D eigenvalue weighted by atomic mass is 15.0. The second-order valence-electron chi connectivity index (χ2n) is 8.21. The van der Waals surface area contributed by atoms with Crippen molar-refractivity contribution in [1.29, 1.82) is 0 Å². The zero-order chi connectivity index (χ0) is 18.1. The van der Waals surface area contributed by atoms with Crippen LogP contribution in [0, 0.1) is 5.41 Å². The molecule has 0 spiro atoms. The van der Waals surface area contributed by atoms with Crippen molar-refractivity contribution in [2.75, 3.05) is 0 Å². The molecule has 0 amide bonds. The van der Waals surface area contributed by atoms with Gasteiger partial charge in [-0.05, 0) is 31.7 Å². The van der Waals surface area contributed by atoms with Gasteiger partial charge in [0.2, 0.25) is 0 Å². The molecule has 0 aromatic heterocycles. The highest BCUT2D eigenvalue weighted by Gasteiger charge is 2.28. The highest BCUT2D eigenvalue weighted by molar-refractivity contribution is 6.36. The van der Waals surface area contributed by atoms with E-state index >= 15 is 0 Å². The van der Waals surface area contributed by atoms with E-state index in [9.17, 15) is 0 Å². The molecule has 1 saturated carbocycles. The Bertz CT molecular complexity index is 901. The summed E-state index contributed by atoms with van der Waals surface area (Å²) >= 11 is 0. The Morgan fingerprint density at radius 3 is 2.12 bits per heavy atom. The van der Waals surface area contributed by atoms with Gasteiger partial charge >= 0.3 is 0 Å². The molecule has 2 heteroatoms. The van der Waals surface area contributed by atoms with Gasteiger partial charge in [-0.25, -0.2) is 9.98 Å². The second-order valence-corrected chi connectivity index (χ2v) is 8.21. The van der Waals surface area contributed by atoms with Gasteiger partial charge in [-0.15, -0.1) is 0 Å². The van der Waals surface area contributed by atoms with Crippen LogP contribution in [-0.2, 0) is 0 Å². The van der Waals surface area contributed by atoms with E-state index in [1.807, 2.05) is 0 Å². The van der Waals surface area contributed by atoms with Crippen LogP contribution >= 0.6 is 0 Å². The van der Waals surface area contributed by atoms with Gasteiger partial charge in [-0.3, -0.25) is 0 Å². The number of hydrogen-bond acceptors (Lipinski definition) is 2. The van der Waals surface area contributed by atoms with Gasteiger partial charge in [-0.1, -0.05) is 74.9 Å². The van der Waals surface area contributed by atoms with E-state index < -0.39 is 0 Å². The van der Waals surface area contributed by atoms with Gasteiger partial charge in [0, 0.05) is 22.1 Å². The van der Waals surface area contributed by atoms with E-state index in [1.165, 1.54) is 48.0 Å². The van der Waals surface area contributed by atoms with Crippen molar-refractivity contribution >= 4 is 22.8 Å². The van der Waals surface area contributed by atoms with Crippen LogP contribution < -0.4 is 0 Å². The Labute approximate surface area is 156 Å². The molecule has 26 heavy (non-hydrogen) atoms. The average Bonchev–Trinajstić information content (AvgIpc) is 3.09. The molecule has 1 aliphatic carbocycles. The maximum atomic E-state index is 5.17. The summed E-state index contributed by atoms with van der Waals surface area (Å²) in [4.78, 5) is 10.2. The third-order valence-corrected chi connectivity index (χ3v) is 5.13. The number of allylic oxidation sites excluding steroid dienone is 2. The van der Waals surface area contributed by atoms with Crippen molar-refractivity contribution in [3.63, 3.8) is 0 Å². The molecule has 2 aromatic rings. The normalized spacial score (nSPS) is 17.5. The van der Waals surface area contributed by atoms with E-state index in [4.69, 9.17) is 9.98 Å². The van der Waals surface area contributed by atoms with E-state index in [1.54, 1.807) is 0 Å². The summed E-state index contributed by atoms with van der Waals surface area (Å²) in [5.41, 5.74) is 7.27. The molecule has 1 aliphatic heterocycles. The molecule has 0 saturated heterocycles. The third-order valence-electron chi connectivity index (χ3n) is 5.13. The first-order valence-corrected chi connectivity index (χ1v) is 9.59. The van der Waals surface area contributed by atoms with Crippen LogP contribution in [0.4, 0.5) is 5.69 Å². The maximum Gasteiger partial charge on any atom is 0.135 e. The Morgan fingerprint density at radius 1 is 0.769 bits per heavy atom. The molecule has 132 valence electrons. The Morgan fingerprint density at radius 2 is 1.42 bits per heavy atom. The molecule has 1 fully saturated rings. The van der Waals surface area contributed by atoms with Crippen LogP contribution in [0.1, 0.15) is 57.6 Å². The van der Waals surface area contributed by atoms with E-state index in [0.29, 0.717) is 0 Å². The first kappa shape index (κ1) is 17.0. The SMILES string of the molecule is CC(C)(C)C1=Nc2ccccc2C(=C2CCCC2)C(c2ccccc2)=N1. The second kappa shape index (κ2) is 6.68. The Kier molecular flexibility index (Phi) is 4.36. The lowest BCUT2D eigenvalue weighted by atomic mass is 9.89. The standard InChI is InChI=1S/C24H26N2/c1-24(2,3)23-25-20-16-10-9-15-19(20)21(17-11-7-8-12-17)22(26-23)18-13-5-4-6-14-18/h4-6,9-10,13-16H,7-8,11-12H2,1-3H3. The predicted octanol–water partition coefficient (Wildman–Crippen LogP) is 6.59. The molecule has 0 bridgehead atoms. The zero-order valence-electron chi connectivity index (χ0n) is 15.9. The van der Waals surface area contributed by atoms with Crippen LogP contribution in [0.3, 0.4) is 0 Å². The minimum atomic E-state index is -0.108. The fourth-order valence-electron chi connectivity index (χ4n) is 3.76. The smallest absolute Gasteiger partial charge is 0.135 e. The monoisotopic (exact) mass is 342 g/mol. The topological polar surface area (TPSA) is 24.7 Å². The van der Waals surface area contributed by atoms with Crippen molar-refractivity contribution in [3.05, 3.63) is 71.3 Å². The van der Waals surface area contributed by atoms with Gasteiger partial charge in [0.1, 0.15) is 5.84 Å². The van der Waals surface area contributed by atoms with Crippen molar-refractivity contribution in [2.24, 2.45) is 15.4 Å². The Balaban J connectivity index is 2.04. The highest BCUT2D eigenvalue weighted by Crippen LogP contribution is 2.40. The van der Waals surface area contributed by atoms with E-state index in [-0.39, 0.29) is 5.41 Å². The maximum absolute atomic E-state index is 5.17. The lowest BCUT2D eigenvalue weighted by Crippen LogP contribution is -2.20. The average molecular weight is 342 g/mol. The number of aliphatic imine (C=N–C) groups is 2. The van der Waals surface area contributed by atoms with Gasteiger partial charge in [0.15, 0.2) is 0 Å². The van der Waals surface area contributed by atoms with Crippen LogP contribution in [0.15, 0.2) is 70.2 Å². The lowest BCUT2D eigenvalue weighted by Gasteiger charge is -2.18. The third kappa shape index (κ3) is 3.16. The first-order valence-electron chi connectivity index (χ1n) is 9.59. The molecule has 2 aromatic carbocycles. The van der Waals surface area contributed by atoms with Crippen molar-refractivity contribution < 1.29 is 0 Å². The predicted molar refractivity (Wildman–Crippen MR) is 111 cm³/mol. The van der Waals surface area contributed by atoms with E-state index in [2.05, 4.69) is 75.4 Å². The quantitative estimate of drug-likeness (QED) is 0.558. The van der Waals surface area contributed by atoms with Gasteiger partial charge in [0.25, 0.3) is 0 Å². The molecular weight excluding hydrogens is 316 g/mol. The fraction of sp³-hybridized carbons (Fsp3) is 0.333. The number of hydrogen-bond donors (Lipinski definition) is 0. The van der Waals surface area contributed by atoms with Crippen LogP contribution in [0.25, 0.3) is 5.57 Å². The molecule has 1 heterocycles. The summed E-state index contributed by atoms with van der Waals surface area (Å²) < 4.78 is 0. The van der Waals surface area contributed by atoms with Crippen molar-refractivity contribution in [1.82, 2.24) is 0 Å². The number of para-hydroxylation sites is 1. The van der Waals surface area contributed by atoms with Gasteiger partial charge < -0.3 is 0 Å². The lowest BCUT2D eigenvalue weighted by molar-refractivity contribution is 0.586. The molecule has 0 radical (unpaired) electrons. The molecule has 4 rings (SSSR count). The number of rotatable bonds is 1. The molecule has 0 unspecified atom stereocenters. The van der Waals surface area contributed by atoms with Crippen molar-refractivity contribution in [3.8, 4) is 0 Å². The summed E-state index contributed by atoms with van der Waals surface area (Å²) in [6.45, 7) is 6.57. The largest absolute Gasteiger partial charge is 0.232 e. The summed E-state index contributed by atoms with van der Waals surface area (Å²) in [6.07, 6.45) is 4.88. The van der Waals surface area contributed by atoms with Gasteiger partial charge in [-0.2, -0.15) is 0 Å². The number of nitrogens with zero attached hydrogens (tertiary/aromatic N) is 2. The fourth-order valence-corrected chi connectivity index (χ4v) is 3.76. The van der Waals surface area contributed by atoms with E-state index in [0.717, 1.165) is 17.2 Å². The summed E-state index contributed by atoms with van der Waals surface area (Å²) in [5.74, 6) is 0.900. The number of amidine groups is 1. The minimum Gasteiger partial charge on any atom is -0.232 e. The molecule has 2 aliphatic rings. The van der Waals surface area contributed by atoms with Crippen LogP contribution in [0.5, 0.6) is 0 Å². The zero-order valence-corrected chi connectivity index (χ0v) is 15.9. The summed E-state index contributed by atoms with van der Waals surface area (Å²) in [5, 5.41) is 0. The molecule has 2 nitrogen and oxygen atoms in total. The number of benzene rings is 2. The van der Waals surface area contributed by atoms with Crippen LogP contribution in [-0.4, -0.2) is 11.5 Å². The first-order chi connectivity index (χ1) is 12.5. The number of fused-ring (bicyclic) bond motifs is 1. The Hall–Kier alpha value is -2.48.